The van der Waals surface area contributed by atoms with Crippen LogP contribution in [0.1, 0.15) is 20.8 Å². The Bertz CT molecular complexity index is 661. The van der Waals surface area contributed by atoms with Crippen LogP contribution in [0.4, 0.5) is 8.78 Å². The molecule has 0 radical (unpaired) electrons. The van der Waals surface area contributed by atoms with Crippen molar-refractivity contribution in [3.8, 4) is 10.4 Å². The lowest BCUT2D eigenvalue weighted by atomic mass is 9.91. The zero-order chi connectivity index (χ0) is 12.9. The number of hydrogen-bond donors (Lipinski definition) is 1. The van der Waals surface area contributed by atoms with Crippen LogP contribution in [0.5, 0.6) is 0 Å². The van der Waals surface area contributed by atoms with Gasteiger partial charge in [-0.15, -0.1) is 11.3 Å². The first-order valence-electron chi connectivity index (χ1n) is 5.40. The van der Waals surface area contributed by atoms with E-state index in [1.807, 2.05) is 0 Å². The summed E-state index contributed by atoms with van der Waals surface area (Å²) < 4.78 is 26.9. The van der Waals surface area contributed by atoms with Crippen molar-refractivity contribution in [1.29, 1.82) is 0 Å². The van der Waals surface area contributed by atoms with Gasteiger partial charge in [0, 0.05) is 16.5 Å². The van der Waals surface area contributed by atoms with Crippen molar-refractivity contribution in [1.82, 2.24) is 0 Å². The van der Waals surface area contributed by atoms with E-state index in [-0.39, 0.29) is 4.88 Å². The zero-order valence-electron chi connectivity index (χ0n) is 9.17. The Morgan fingerprint density at radius 3 is 2.72 bits per heavy atom. The molecule has 1 aromatic heterocycles. The van der Waals surface area contributed by atoms with Crippen LogP contribution < -0.4 is 0 Å². The molecule has 0 atom stereocenters. The molecule has 1 aliphatic carbocycles. The molecule has 0 spiro atoms. The number of carbonyl (C=O) groups is 1. The van der Waals surface area contributed by atoms with E-state index < -0.39 is 17.6 Å². The summed E-state index contributed by atoms with van der Waals surface area (Å²) >= 11 is 1.07. The van der Waals surface area contributed by atoms with Crippen LogP contribution in [0.2, 0.25) is 0 Å². The maximum absolute atomic E-state index is 13.6. The number of carboxylic acid groups (broad SMARTS) is 1. The van der Waals surface area contributed by atoms with E-state index in [9.17, 15) is 13.6 Å². The van der Waals surface area contributed by atoms with E-state index in [1.165, 1.54) is 6.07 Å². The van der Waals surface area contributed by atoms with Crippen LogP contribution in [0.15, 0.2) is 18.2 Å². The van der Waals surface area contributed by atoms with Gasteiger partial charge in [-0.25, -0.2) is 13.6 Å². The molecule has 5 heteroatoms. The van der Waals surface area contributed by atoms with Crippen molar-refractivity contribution in [2.75, 3.05) is 0 Å². The van der Waals surface area contributed by atoms with Gasteiger partial charge in [0.2, 0.25) is 0 Å². The van der Waals surface area contributed by atoms with Crippen LogP contribution in [-0.4, -0.2) is 11.1 Å². The number of benzene rings is 1. The maximum Gasteiger partial charge on any atom is 0.345 e. The first kappa shape index (κ1) is 11.3. The van der Waals surface area contributed by atoms with Gasteiger partial charge in [0.1, 0.15) is 16.5 Å². The number of carboxylic acids is 1. The third kappa shape index (κ3) is 1.62. The normalized spacial score (nSPS) is 13.0. The molecule has 92 valence electrons. The highest BCUT2D eigenvalue weighted by Crippen LogP contribution is 2.40. The van der Waals surface area contributed by atoms with Crippen LogP contribution in [0.25, 0.3) is 10.4 Å². The highest BCUT2D eigenvalue weighted by Gasteiger charge is 2.24. The average Bonchev–Trinajstić information content (AvgIpc) is 2.72. The number of fused-ring (bicyclic) bond motifs is 3. The van der Waals surface area contributed by atoms with E-state index in [1.54, 1.807) is 6.07 Å². The Morgan fingerprint density at radius 2 is 2.00 bits per heavy atom. The molecule has 3 rings (SSSR count). The molecule has 0 aliphatic heterocycles. The summed E-state index contributed by atoms with van der Waals surface area (Å²) in [6, 6.07) is 3.74. The second-order valence-electron chi connectivity index (χ2n) is 4.18. The lowest BCUT2D eigenvalue weighted by Gasteiger charge is -2.16. The van der Waals surface area contributed by atoms with Gasteiger partial charge < -0.3 is 5.11 Å². The van der Waals surface area contributed by atoms with Gasteiger partial charge in [-0.1, -0.05) is 0 Å². The Balaban J connectivity index is 2.24. The number of halogens is 2. The first-order valence-corrected chi connectivity index (χ1v) is 6.22. The Hall–Kier alpha value is -1.75. The van der Waals surface area contributed by atoms with Gasteiger partial charge in [0.25, 0.3) is 0 Å². The molecule has 2 aromatic rings. The molecule has 1 N–H and O–H groups in total. The number of rotatable bonds is 1. The Labute approximate surface area is 106 Å². The van der Waals surface area contributed by atoms with Crippen molar-refractivity contribution in [3.05, 3.63) is 45.8 Å². The molecule has 0 unspecified atom stereocenters. The summed E-state index contributed by atoms with van der Waals surface area (Å²) in [7, 11) is 0. The van der Waals surface area contributed by atoms with Gasteiger partial charge in [0.15, 0.2) is 0 Å². The maximum atomic E-state index is 13.6. The summed E-state index contributed by atoms with van der Waals surface area (Å²) in [4.78, 5) is 11.8. The van der Waals surface area contributed by atoms with Crippen LogP contribution >= 0.6 is 11.3 Å². The fraction of sp³-hybridized carbons (Fsp3) is 0.154. The molecule has 0 amide bonds. The predicted molar refractivity (Wildman–Crippen MR) is 64.0 cm³/mol. The number of aromatic carboxylic acids is 1. The molecular formula is C13H8F2O2S. The number of aryl methyl sites for hydroxylation is 1. The molecule has 0 bridgehead atoms. The summed E-state index contributed by atoms with van der Waals surface area (Å²) in [5.41, 5.74) is 1.82. The van der Waals surface area contributed by atoms with Crippen molar-refractivity contribution in [3.63, 3.8) is 0 Å². The smallest absolute Gasteiger partial charge is 0.345 e. The zero-order valence-corrected chi connectivity index (χ0v) is 9.98. The van der Waals surface area contributed by atoms with Gasteiger partial charge in [0.05, 0.1) is 0 Å². The lowest BCUT2D eigenvalue weighted by molar-refractivity contribution is 0.0702. The van der Waals surface area contributed by atoms with Crippen molar-refractivity contribution < 1.29 is 18.7 Å². The SMILES string of the molecule is O=C(O)c1cc2c(s1)-c1cc(F)cc(F)c1CC2. The fourth-order valence-corrected chi connectivity index (χ4v) is 3.36. The molecule has 0 fully saturated rings. The summed E-state index contributed by atoms with van der Waals surface area (Å²) in [6.07, 6.45) is 1.07. The molecular weight excluding hydrogens is 258 g/mol. The molecule has 1 aromatic carbocycles. The largest absolute Gasteiger partial charge is 0.477 e. The van der Waals surface area contributed by atoms with E-state index >= 15 is 0 Å². The topological polar surface area (TPSA) is 37.3 Å². The fourth-order valence-electron chi connectivity index (χ4n) is 2.27. The van der Waals surface area contributed by atoms with Crippen LogP contribution in [-0.2, 0) is 12.8 Å². The third-order valence-corrected chi connectivity index (χ3v) is 4.27. The van der Waals surface area contributed by atoms with E-state index in [4.69, 9.17) is 5.11 Å². The molecule has 1 heterocycles. The number of thiophene rings is 1. The average molecular weight is 266 g/mol. The van der Waals surface area contributed by atoms with E-state index in [0.29, 0.717) is 28.8 Å². The van der Waals surface area contributed by atoms with E-state index in [0.717, 1.165) is 23.0 Å². The highest BCUT2D eigenvalue weighted by atomic mass is 32.1. The van der Waals surface area contributed by atoms with Crippen molar-refractivity contribution in [2.24, 2.45) is 0 Å². The van der Waals surface area contributed by atoms with Gasteiger partial charge in [-0.3, -0.25) is 0 Å². The van der Waals surface area contributed by atoms with Gasteiger partial charge in [-0.2, -0.15) is 0 Å². The van der Waals surface area contributed by atoms with Gasteiger partial charge in [-0.05, 0) is 36.1 Å². The lowest BCUT2D eigenvalue weighted by Crippen LogP contribution is -2.04. The van der Waals surface area contributed by atoms with Crippen LogP contribution in [0.3, 0.4) is 0 Å². The molecule has 0 saturated carbocycles. The summed E-state index contributed by atoms with van der Waals surface area (Å²) in [5, 5.41) is 8.95. The molecule has 1 aliphatic rings. The van der Waals surface area contributed by atoms with E-state index in [2.05, 4.69) is 0 Å². The van der Waals surface area contributed by atoms with Crippen molar-refractivity contribution in [2.45, 2.75) is 12.8 Å². The quantitative estimate of drug-likeness (QED) is 0.857. The minimum Gasteiger partial charge on any atom is -0.477 e. The third-order valence-electron chi connectivity index (χ3n) is 3.07. The summed E-state index contributed by atoms with van der Waals surface area (Å²) in [6.45, 7) is 0. The second-order valence-corrected chi connectivity index (χ2v) is 5.24. The molecule has 18 heavy (non-hydrogen) atoms. The summed E-state index contributed by atoms with van der Waals surface area (Å²) in [5.74, 6) is -2.20. The van der Waals surface area contributed by atoms with Crippen molar-refractivity contribution >= 4 is 17.3 Å². The van der Waals surface area contributed by atoms with Gasteiger partial charge >= 0.3 is 5.97 Å². The standard InChI is InChI=1S/C13H8F2O2S/c14-7-4-9-8(10(15)5-7)2-1-6-3-11(13(16)17)18-12(6)9/h3-5H,1-2H2,(H,16,17). The molecule has 2 nitrogen and oxygen atoms in total. The first-order chi connectivity index (χ1) is 8.56. The Kier molecular flexibility index (Phi) is 2.45. The molecule has 0 saturated heterocycles. The predicted octanol–water partition coefficient (Wildman–Crippen LogP) is 3.49. The van der Waals surface area contributed by atoms with Crippen LogP contribution in [0, 0.1) is 11.6 Å². The Morgan fingerprint density at radius 1 is 1.22 bits per heavy atom. The number of hydrogen-bond acceptors (Lipinski definition) is 2. The monoisotopic (exact) mass is 266 g/mol. The highest BCUT2D eigenvalue weighted by molar-refractivity contribution is 7.17. The minimum absolute atomic E-state index is 0.206. The minimum atomic E-state index is -1.01. The second kappa shape index (κ2) is 3.88.